The number of aryl methyl sites for hydroxylation is 1. The normalized spacial score (nSPS) is 13.6. The third-order valence-electron chi connectivity index (χ3n) is 4.68. The van der Waals surface area contributed by atoms with E-state index in [9.17, 15) is 13.6 Å². The Balaban J connectivity index is 1.70. The minimum absolute atomic E-state index is 0.0871. The molecule has 1 fully saturated rings. The molecule has 0 spiro atoms. The van der Waals surface area contributed by atoms with Crippen molar-refractivity contribution in [2.24, 2.45) is 0 Å². The molecule has 0 amide bonds. The minimum Gasteiger partial charge on any atom is -0.485 e. The molecule has 0 aliphatic heterocycles. The topological polar surface area (TPSA) is 57.0 Å². The highest BCUT2D eigenvalue weighted by Crippen LogP contribution is 2.43. The van der Waals surface area contributed by atoms with Crippen LogP contribution in [0.15, 0.2) is 35.4 Å². The standard InChI is InChI=1S/C20H15Cl2F2N3O2/c1-10-4-17(29-9-15-14(24)5-12(23)7-25-15)19(22)20(28)27(10)16-6-18(21)26-8-13(16)11-2-3-11/h4-8,11H,2-3,9H2,1H3. The molecule has 4 rings (SSSR count). The van der Waals surface area contributed by atoms with Crippen LogP contribution in [0, 0.1) is 18.6 Å². The van der Waals surface area contributed by atoms with Crippen molar-refractivity contribution in [1.82, 2.24) is 14.5 Å². The van der Waals surface area contributed by atoms with Crippen molar-refractivity contribution in [3.05, 3.63) is 79.7 Å². The molecule has 1 aliphatic rings. The van der Waals surface area contributed by atoms with Crippen LogP contribution in [0.3, 0.4) is 0 Å². The van der Waals surface area contributed by atoms with Crippen molar-refractivity contribution >= 4 is 23.2 Å². The summed E-state index contributed by atoms with van der Waals surface area (Å²) in [6, 6.07) is 3.93. The Morgan fingerprint density at radius 3 is 2.62 bits per heavy atom. The van der Waals surface area contributed by atoms with Crippen LogP contribution in [-0.2, 0) is 6.61 Å². The summed E-state index contributed by atoms with van der Waals surface area (Å²) in [5.41, 5.74) is 1.54. The molecule has 1 aliphatic carbocycles. The summed E-state index contributed by atoms with van der Waals surface area (Å²) in [5.74, 6) is -1.20. The Morgan fingerprint density at radius 1 is 1.17 bits per heavy atom. The predicted molar refractivity (Wildman–Crippen MR) is 105 cm³/mol. The van der Waals surface area contributed by atoms with E-state index in [1.807, 2.05) is 0 Å². The molecule has 9 heteroatoms. The maximum Gasteiger partial charge on any atom is 0.277 e. The summed E-state index contributed by atoms with van der Waals surface area (Å²) >= 11 is 12.3. The fourth-order valence-corrected chi connectivity index (χ4v) is 3.46. The van der Waals surface area contributed by atoms with Crippen LogP contribution in [0.4, 0.5) is 8.78 Å². The number of halogens is 4. The van der Waals surface area contributed by atoms with Gasteiger partial charge in [-0.25, -0.2) is 13.8 Å². The van der Waals surface area contributed by atoms with E-state index in [2.05, 4.69) is 9.97 Å². The van der Waals surface area contributed by atoms with Crippen molar-refractivity contribution < 1.29 is 13.5 Å². The van der Waals surface area contributed by atoms with E-state index < -0.39 is 17.2 Å². The first-order valence-electron chi connectivity index (χ1n) is 8.86. The fourth-order valence-electron chi connectivity index (χ4n) is 3.11. The fraction of sp³-hybridized carbons (Fsp3) is 0.250. The van der Waals surface area contributed by atoms with Crippen molar-refractivity contribution in [3.8, 4) is 11.4 Å². The summed E-state index contributed by atoms with van der Waals surface area (Å²) in [6.07, 6.45) is 4.62. The van der Waals surface area contributed by atoms with E-state index in [0.29, 0.717) is 23.4 Å². The van der Waals surface area contributed by atoms with Gasteiger partial charge in [-0.05, 0) is 37.3 Å². The summed E-state index contributed by atoms with van der Waals surface area (Å²) in [5, 5.41) is 0.109. The van der Waals surface area contributed by atoms with Crippen molar-refractivity contribution in [1.29, 1.82) is 0 Å². The van der Waals surface area contributed by atoms with E-state index >= 15 is 0 Å². The number of rotatable bonds is 5. The number of aromatic nitrogens is 3. The number of hydrogen-bond donors (Lipinski definition) is 0. The molecule has 0 unspecified atom stereocenters. The predicted octanol–water partition coefficient (Wildman–Crippen LogP) is 4.98. The van der Waals surface area contributed by atoms with Crippen molar-refractivity contribution in [2.75, 3.05) is 0 Å². The molecule has 0 saturated heterocycles. The highest BCUT2D eigenvalue weighted by atomic mass is 35.5. The second kappa shape index (κ2) is 7.72. The van der Waals surface area contributed by atoms with Gasteiger partial charge in [0.25, 0.3) is 5.56 Å². The van der Waals surface area contributed by atoms with Gasteiger partial charge in [0.1, 0.15) is 34.0 Å². The lowest BCUT2D eigenvalue weighted by Crippen LogP contribution is -2.23. The zero-order chi connectivity index (χ0) is 20.7. The molecule has 1 saturated carbocycles. The molecular formula is C20H15Cl2F2N3O2. The van der Waals surface area contributed by atoms with Gasteiger partial charge < -0.3 is 4.74 Å². The molecule has 3 heterocycles. The number of ether oxygens (including phenoxy) is 1. The maximum absolute atomic E-state index is 13.8. The van der Waals surface area contributed by atoms with E-state index in [-0.39, 0.29) is 28.2 Å². The van der Waals surface area contributed by atoms with Crippen LogP contribution in [0.25, 0.3) is 5.69 Å². The van der Waals surface area contributed by atoms with Gasteiger partial charge in [0.2, 0.25) is 0 Å². The zero-order valence-electron chi connectivity index (χ0n) is 15.3. The molecule has 150 valence electrons. The maximum atomic E-state index is 13.8. The van der Waals surface area contributed by atoms with Gasteiger partial charge >= 0.3 is 0 Å². The monoisotopic (exact) mass is 437 g/mol. The van der Waals surface area contributed by atoms with Gasteiger partial charge in [-0.1, -0.05) is 23.2 Å². The number of nitrogens with zero attached hydrogens (tertiary/aromatic N) is 3. The third-order valence-corrected chi connectivity index (χ3v) is 5.24. The summed E-state index contributed by atoms with van der Waals surface area (Å²) in [4.78, 5) is 20.8. The smallest absolute Gasteiger partial charge is 0.277 e. The minimum atomic E-state index is -0.841. The summed E-state index contributed by atoms with van der Waals surface area (Å²) < 4.78 is 33.7. The van der Waals surface area contributed by atoms with Crippen molar-refractivity contribution in [2.45, 2.75) is 32.3 Å². The molecule has 5 nitrogen and oxygen atoms in total. The Kier molecular flexibility index (Phi) is 5.27. The second-order valence-corrected chi connectivity index (χ2v) is 7.58. The molecule has 0 atom stereocenters. The molecule has 0 N–H and O–H groups in total. The SMILES string of the molecule is Cc1cc(OCc2ncc(F)cc2F)c(Cl)c(=O)n1-c1cc(Cl)ncc1C1CC1. The third kappa shape index (κ3) is 3.97. The van der Waals surface area contributed by atoms with Gasteiger partial charge in [-0.2, -0.15) is 0 Å². The van der Waals surface area contributed by atoms with Crippen LogP contribution >= 0.6 is 23.2 Å². The zero-order valence-corrected chi connectivity index (χ0v) is 16.8. The van der Waals surface area contributed by atoms with Gasteiger partial charge in [0.15, 0.2) is 5.82 Å². The Bertz CT molecular complexity index is 1160. The molecule has 29 heavy (non-hydrogen) atoms. The molecule has 0 radical (unpaired) electrons. The quantitative estimate of drug-likeness (QED) is 0.528. The van der Waals surface area contributed by atoms with Gasteiger partial charge in [0.05, 0.1) is 11.9 Å². The molecular weight excluding hydrogens is 423 g/mol. The van der Waals surface area contributed by atoms with Gasteiger partial charge in [0, 0.05) is 24.0 Å². The van der Waals surface area contributed by atoms with Gasteiger partial charge in [-0.15, -0.1) is 0 Å². The second-order valence-electron chi connectivity index (χ2n) is 6.82. The van der Waals surface area contributed by atoms with Crippen molar-refractivity contribution in [3.63, 3.8) is 0 Å². The summed E-state index contributed by atoms with van der Waals surface area (Å²) in [7, 11) is 0. The largest absolute Gasteiger partial charge is 0.485 e. The van der Waals surface area contributed by atoms with Gasteiger partial charge in [-0.3, -0.25) is 14.3 Å². The van der Waals surface area contributed by atoms with E-state index in [4.69, 9.17) is 27.9 Å². The van der Waals surface area contributed by atoms with Crippen LogP contribution in [0.1, 0.15) is 35.7 Å². The average Bonchev–Trinajstić information content (AvgIpc) is 3.50. The highest BCUT2D eigenvalue weighted by Gasteiger charge is 2.28. The lowest BCUT2D eigenvalue weighted by molar-refractivity contribution is 0.292. The number of pyridine rings is 3. The lowest BCUT2D eigenvalue weighted by atomic mass is 10.1. The van der Waals surface area contributed by atoms with Crippen LogP contribution in [0.2, 0.25) is 10.2 Å². The highest BCUT2D eigenvalue weighted by molar-refractivity contribution is 6.32. The first-order chi connectivity index (χ1) is 13.8. The van der Waals surface area contributed by atoms with E-state index in [1.54, 1.807) is 25.3 Å². The Labute approximate surface area is 174 Å². The average molecular weight is 438 g/mol. The summed E-state index contributed by atoms with van der Waals surface area (Å²) in [6.45, 7) is 1.43. The van der Waals surface area contributed by atoms with Crippen LogP contribution in [0.5, 0.6) is 5.75 Å². The number of hydrogen-bond acceptors (Lipinski definition) is 4. The molecule has 3 aromatic rings. The Hall–Kier alpha value is -2.51. The van der Waals surface area contributed by atoms with E-state index in [0.717, 1.165) is 24.6 Å². The van der Waals surface area contributed by atoms with Crippen LogP contribution in [-0.4, -0.2) is 14.5 Å². The Morgan fingerprint density at radius 2 is 1.93 bits per heavy atom. The molecule has 3 aromatic heterocycles. The molecule has 0 bridgehead atoms. The first-order valence-corrected chi connectivity index (χ1v) is 9.61. The molecule has 0 aromatic carbocycles. The van der Waals surface area contributed by atoms with E-state index in [1.165, 1.54) is 4.57 Å². The lowest BCUT2D eigenvalue weighted by Gasteiger charge is -2.17. The van der Waals surface area contributed by atoms with Crippen LogP contribution < -0.4 is 10.3 Å². The first kappa shape index (κ1) is 19.8.